The first-order chi connectivity index (χ1) is 8.15. The molecule has 2 aromatic heterocycles. The van der Waals surface area contributed by atoms with Crippen molar-refractivity contribution < 1.29 is 4.42 Å². The van der Waals surface area contributed by atoms with E-state index in [1.807, 2.05) is 6.07 Å². The van der Waals surface area contributed by atoms with Crippen LogP contribution in [0.1, 0.15) is 37.4 Å². The van der Waals surface area contributed by atoms with Crippen molar-refractivity contribution in [3.05, 3.63) is 29.2 Å². The zero-order chi connectivity index (χ0) is 12.3. The summed E-state index contributed by atoms with van der Waals surface area (Å²) in [4.78, 5) is 0. The molecule has 17 heavy (non-hydrogen) atoms. The van der Waals surface area contributed by atoms with Crippen LogP contribution in [0.3, 0.4) is 0 Å². The van der Waals surface area contributed by atoms with E-state index >= 15 is 0 Å². The maximum Gasteiger partial charge on any atom is 0.206 e. The van der Waals surface area contributed by atoms with Crippen molar-refractivity contribution in [1.82, 2.24) is 10.2 Å². The van der Waals surface area contributed by atoms with Crippen LogP contribution in [-0.4, -0.2) is 10.2 Å². The van der Waals surface area contributed by atoms with Gasteiger partial charge in [0, 0.05) is 12.0 Å². The zero-order valence-electron chi connectivity index (χ0n) is 10.3. The molecule has 0 radical (unpaired) electrons. The van der Waals surface area contributed by atoms with E-state index in [9.17, 15) is 0 Å². The third kappa shape index (κ3) is 3.30. The van der Waals surface area contributed by atoms with Crippen LogP contribution in [0.25, 0.3) is 0 Å². The Morgan fingerprint density at radius 3 is 2.82 bits per heavy atom. The molecule has 0 saturated heterocycles. The first-order valence-electron chi connectivity index (χ1n) is 5.76. The van der Waals surface area contributed by atoms with E-state index in [1.54, 1.807) is 23.9 Å². The summed E-state index contributed by atoms with van der Waals surface area (Å²) in [5, 5.41) is 13.6. The number of nitrogens with one attached hydrogen (secondary N) is 1. The Bertz CT molecular complexity index is 450. The molecule has 2 rings (SSSR count). The van der Waals surface area contributed by atoms with Gasteiger partial charge < -0.3 is 9.73 Å². The summed E-state index contributed by atoms with van der Waals surface area (Å²) in [6.07, 6.45) is 4.41. The molecular weight excluding hydrogens is 234 g/mol. The minimum Gasteiger partial charge on any atom is -0.472 e. The second kappa shape index (κ2) is 5.31. The average molecular weight is 251 g/mol. The van der Waals surface area contributed by atoms with Crippen molar-refractivity contribution >= 4 is 16.5 Å². The first kappa shape index (κ1) is 12.1. The van der Waals surface area contributed by atoms with Gasteiger partial charge >= 0.3 is 0 Å². The fourth-order valence-corrected chi connectivity index (χ4v) is 2.57. The molecule has 0 amide bonds. The Hall–Kier alpha value is -1.36. The molecule has 0 aliphatic rings. The van der Waals surface area contributed by atoms with E-state index in [2.05, 4.69) is 36.3 Å². The van der Waals surface area contributed by atoms with E-state index in [1.165, 1.54) is 0 Å². The summed E-state index contributed by atoms with van der Waals surface area (Å²) >= 11 is 1.62. The van der Waals surface area contributed by atoms with Crippen LogP contribution in [0.5, 0.6) is 0 Å². The van der Waals surface area contributed by atoms with E-state index in [4.69, 9.17) is 4.42 Å². The van der Waals surface area contributed by atoms with Gasteiger partial charge in [-0.2, -0.15) is 0 Å². The standard InChI is InChI=1S/C12H17N3OS/c1-8(2)6-11-14-15-12(17-11)13-9(3)10-4-5-16-7-10/h4-5,7-9H,6H2,1-3H3,(H,13,15). The minimum absolute atomic E-state index is 0.189. The van der Waals surface area contributed by atoms with Crippen molar-refractivity contribution in [1.29, 1.82) is 0 Å². The number of anilines is 1. The second-order valence-corrected chi connectivity index (χ2v) is 5.58. The lowest BCUT2D eigenvalue weighted by Gasteiger charge is -2.09. The molecule has 2 aromatic rings. The predicted molar refractivity (Wildman–Crippen MR) is 69.2 cm³/mol. The number of hydrogen-bond acceptors (Lipinski definition) is 5. The third-order valence-corrected chi connectivity index (χ3v) is 3.31. The van der Waals surface area contributed by atoms with Gasteiger partial charge in [0.05, 0.1) is 18.6 Å². The summed E-state index contributed by atoms with van der Waals surface area (Å²) in [6, 6.07) is 2.14. The van der Waals surface area contributed by atoms with Gasteiger partial charge in [-0.25, -0.2) is 0 Å². The van der Waals surface area contributed by atoms with E-state index in [0.29, 0.717) is 5.92 Å². The highest BCUT2D eigenvalue weighted by Crippen LogP contribution is 2.23. The molecular formula is C12H17N3OS. The maximum atomic E-state index is 5.06. The van der Waals surface area contributed by atoms with Crippen LogP contribution in [0.15, 0.2) is 23.0 Å². The van der Waals surface area contributed by atoms with E-state index < -0.39 is 0 Å². The Morgan fingerprint density at radius 1 is 1.35 bits per heavy atom. The normalized spacial score (nSPS) is 12.9. The lowest BCUT2D eigenvalue weighted by atomic mass is 10.1. The van der Waals surface area contributed by atoms with Crippen LogP contribution in [0, 0.1) is 5.92 Å². The first-order valence-corrected chi connectivity index (χ1v) is 6.58. The van der Waals surface area contributed by atoms with Gasteiger partial charge in [-0.05, 0) is 18.9 Å². The molecule has 0 spiro atoms. The molecule has 5 heteroatoms. The van der Waals surface area contributed by atoms with Gasteiger partial charge in [0.25, 0.3) is 0 Å². The second-order valence-electron chi connectivity index (χ2n) is 4.52. The number of aromatic nitrogens is 2. The van der Waals surface area contributed by atoms with Gasteiger partial charge in [-0.3, -0.25) is 0 Å². The highest BCUT2D eigenvalue weighted by atomic mass is 32.1. The summed E-state index contributed by atoms with van der Waals surface area (Å²) in [7, 11) is 0. The molecule has 0 aromatic carbocycles. The quantitative estimate of drug-likeness (QED) is 0.883. The van der Waals surface area contributed by atoms with E-state index in [-0.39, 0.29) is 6.04 Å². The van der Waals surface area contributed by atoms with Crippen molar-refractivity contribution in [2.24, 2.45) is 5.92 Å². The smallest absolute Gasteiger partial charge is 0.206 e. The highest BCUT2D eigenvalue weighted by molar-refractivity contribution is 7.15. The largest absolute Gasteiger partial charge is 0.472 e. The molecule has 0 bridgehead atoms. The Labute approximate surface area is 105 Å². The fourth-order valence-electron chi connectivity index (χ4n) is 1.53. The topological polar surface area (TPSA) is 51.0 Å². The summed E-state index contributed by atoms with van der Waals surface area (Å²) in [5.74, 6) is 0.613. The van der Waals surface area contributed by atoms with Crippen molar-refractivity contribution in [2.75, 3.05) is 5.32 Å². The molecule has 2 heterocycles. The fraction of sp³-hybridized carbons (Fsp3) is 0.500. The average Bonchev–Trinajstić information content (AvgIpc) is 2.87. The van der Waals surface area contributed by atoms with Crippen LogP contribution in [0.2, 0.25) is 0 Å². The summed E-state index contributed by atoms with van der Waals surface area (Å²) in [6.45, 7) is 6.44. The van der Waals surface area contributed by atoms with Gasteiger partial charge in [-0.15, -0.1) is 10.2 Å². The Morgan fingerprint density at radius 2 is 2.18 bits per heavy atom. The van der Waals surface area contributed by atoms with Crippen LogP contribution in [0.4, 0.5) is 5.13 Å². The predicted octanol–water partition coefficient (Wildman–Crippen LogP) is 3.50. The number of nitrogens with zero attached hydrogens (tertiary/aromatic N) is 2. The van der Waals surface area contributed by atoms with Crippen LogP contribution in [-0.2, 0) is 6.42 Å². The van der Waals surface area contributed by atoms with Gasteiger partial charge in [0.1, 0.15) is 5.01 Å². The van der Waals surface area contributed by atoms with Gasteiger partial charge in [0.2, 0.25) is 5.13 Å². The SMILES string of the molecule is CC(C)Cc1nnc(NC(C)c2ccoc2)s1. The molecule has 1 N–H and O–H groups in total. The Balaban J connectivity index is 1.97. The third-order valence-electron chi connectivity index (χ3n) is 2.43. The molecule has 0 fully saturated rings. The Kier molecular flexibility index (Phi) is 3.78. The zero-order valence-corrected chi connectivity index (χ0v) is 11.1. The molecule has 1 atom stereocenters. The van der Waals surface area contributed by atoms with Crippen molar-refractivity contribution in [2.45, 2.75) is 33.2 Å². The van der Waals surface area contributed by atoms with Crippen LogP contribution >= 0.6 is 11.3 Å². The number of rotatable bonds is 5. The van der Waals surface area contributed by atoms with Gasteiger partial charge in [0.15, 0.2) is 0 Å². The molecule has 0 aliphatic carbocycles. The number of hydrogen-bond donors (Lipinski definition) is 1. The molecule has 0 saturated carbocycles. The number of furan rings is 1. The molecule has 92 valence electrons. The molecule has 4 nitrogen and oxygen atoms in total. The van der Waals surface area contributed by atoms with Crippen LogP contribution < -0.4 is 5.32 Å². The van der Waals surface area contributed by atoms with Crippen molar-refractivity contribution in [3.8, 4) is 0 Å². The lowest BCUT2D eigenvalue weighted by molar-refractivity contribution is 0.562. The van der Waals surface area contributed by atoms with E-state index in [0.717, 1.165) is 22.1 Å². The minimum atomic E-state index is 0.189. The molecule has 0 aliphatic heterocycles. The summed E-state index contributed by atoms with van der Waals surface area (Å²) in [5.41, 5.74) is 1.12. The highest BCUT2D eigenvalue weighted by Gasteiger charge is 2.10. The lowest BCUT2D eigenvalue weighted by Crippen LogP contribution is -2.04. The maximum absolute atomic E-state index is 5.06. The summed E-state index contributed by atoms with van der Waals surface area (Å²) < 4.78 is 5.06. The molecule has 1 unspecified atom stereocenters. The van der Waals surface area contributed by atoms with Gasteiger partial charge in [-0.1, -0.05) is 25.2 Å². The van der Waals surface area contributed by atoms with Crippen molar-refractivity contribution in [3.63, 3.8) is 0 Å². The monoisotopic (exact) mass is 251 g/mol.